The number of benzene rings is 1. The third kappa shape index (κ3) is 3.52. The molecule has 1 aromatic heterocycles. The van der Waals surface area contributed by atoms with Crippen molar-refractivity contribution in [3.63, 3.8) is 0 Å². The average molecular weight is 350 g/mol. The largest absolute Gasteiger partial charge is 0.490 e. The molecule has 0 radical (unpaired) electrons. The van der Waals surface area contributed by atoms with Gasteiger partial charge in [0.15, 0.2) is 0 Å². The van der Waals surface area contributed by atoms with Crippen molar-refractivity contribution in [3.05, 3.63) is 36.4 Å². The van der Waals surface area contributed by atoms with Gasteiger partial charge in [-0.3, -0.25) is 4.79 Å². The Kier molecular flexibility index (Phi) is 4.53. The highest BCUT2D eigenvalue weighted by atomic mass is 16.5. The van der Waals surface area contributed by atoms with Crippen LogP contribution in [0.4, 0.5) is 11.4 Å². The second-order valence-corrected chi connectivity index (χ2v) is 6.58. The second kappa shape index (κ2) is 7.12. The number of ether oxygens (including phenoxy) is 1. The number of imidazole rings is 1. The highest BCUT2D eigenvalue weighted by Gasteiger charge is 2.22. The monoisotopic (exact) mass is 350 g/mol. The Hall–Kier alpha value is -2.94. The number of nitrogens with one attached hydrogen (secondary N) is 1. The molecule has 2 heterocycles. The molecule has 4 rings (SSSR count). The van der Waals surface area contributed by atoms with Gasteiger partial charge in [0, 0.05) is 24.3 Å². The molecule has 2 aromatic rings. The molecule has 6 nitrogen and oxygen atoms in total. The van der Waals surface area contributed by atoms with Crippen molar-refractivity contribution in [2.75, 3.05) is 29.5 Å². The minimum atomic E-state index is -0.144. The summed E-state index contributed by atoms with van der Waals surface area (Å²) in [5.41, 5.74) is 2.80. The smallest absolute Gasteiger partial charge is 0.302 e. The van der Waals surface area contributed by atoms with E-state index in [1.807, 2.05) is 31.3 Å². The van der Waals surface area contributed by atoms with Gasteiger partial charge in [0.2, 0.25) is 0 Å². The van der Waals surface area contributed by atoms with Crippen molar-refractivity contribution < 1.29 is 9.53 Å². The number of rotatable bonds is 4. The van der Waals surface area contributed by atoms with Crippen LogP contribution in [0.3, 0.4) is 0 Å². The number of aromatic nitrogens is 2. The lowest BCUT2D eigenvalue weighted by Gasteiger charge is -2.32. The summed E-state index contributed by atoms with van der Waals surface area (Å²) < 4.78 is 5.79. The van der Waals surface area contributed by atoms with E-state index in [0.29, 0.717) is 25.6 Å². The van der Waals surface area contributed by atoms with Crippen LogP contribution in [0.1, 0.15) is 25.5 Å². The fourth-order valence-corrected chi connectivity index (χ4v) is 3.07. The zero-order valence-corrected chi connectivity index (χ0v) is 14.9. The highest BCUT2D eigenvalue weighted by molar-refractivity contribution is 6.06. The van der Waals surface area contributed by atoms with E-state index < -0.39 is 0 Å². The van der Waals surface area contributed by atoms with Crippen molar-refractivity contribution in [1.29, 1.82) is 0 Å². The first-order valence-corrected chi connectivity index (χ1v) is 9.07. The molecule has 0 saturated heterocycles. The van der Waals surface area contributed by atoms with Gasteiger partial charge >= 0.3 is 5.91 Å². The second-order valence-electron chi connectivity index (χ2n) is 6.58. The molecule has 0 atom stereocenters. The summed E-state index contributed by atoms with van der Waals surface area (Å²) in [5, 5.41) is 0. The number of nitrogens with zero attached hydrogens (tertiary/aromatic N) is 3. The zero-order valence-electron chi connectivity index (χ0n) is 14.9. The van der Waals surface area contributed by atoms with Crippen LogP contribution in [-0.4, -0.2) is 35.6 Å². The van der Waals surface area contributed by atoms with Crippen LogP contribution < -0.4 is 14.5 Å². The van der Waals surface area contributed by atoms with Gasteiger partial charge in [-0.2, -0.15) is 0 Å². The number of anilines is 2. The molecule has 26 heavy (non-hydrogen) atoms. The van der Waals surface area contributed by atoms with Crippen LogP contribution in [-0.2, 0) is 11.3 Å². The van der Waals surface area contributed by atoms with Gasteiger partial charge in [-0.05, 0) is 43.9 Å². The van der Waals surface area contributed by atoms with E-state index in [1.54, 1.807) is 11.2 Å². The van der Waals surface area contributed by atoms with E-state index in [9.17, 15) is 4.79 Å². The summed E-state index contributed by atoms with van der Waals surface area (Å²) in [4.78, 5) is 23.8. The van der Waals surface area contributed by atoms with E-state index in [4.69, 9.17) is 4.74 Å². The molecule has 1 N–H and O–H groups in total. The van der Waals surface area contributed by atoms with E-state index >= 15 is 0 Å². The quantitative estimate of drug-likeness (QED) is 0.861. The number of hydrogen-bond acceptors (Lipinski definition) is 4. The molecule has 2 aliphatic rings. The Morgan fingerprint density at radius 2 is 2.35 bits per heavy atom. The first kappa shape index (κ1) is 16.5. The normalized spacial score (nSPS) is 15.5. The molecular formula is C20H22N4O2. The molecular weight excluding hydrogens is 328 g/mol. The maximum Gasteiger partial charge on any atom is 0.302 e. The number of carbonyl (C=O) groups excluding carboxylic acids is 1. The number of fused-ring (bicyclic) bond motifs is 1. The molecule has 1 aromatic carbocycles. The van der Waals surface area contributed by atoms with E-state index in [0.717, 1.165) is 42.2 Å². The molecule has 0 bridgehead atoms. The fourth-order valence-electron chi connectivity index (χ4n) is 3.07. The Labute approximate surface area is 153 Å². The zero-order chi connectivity index (χ0) is 17.9. The Balaban J connectivity index is 1.59. The van der Waals surface area contributed by atoms with Crippen molar-refractivity contribution in [1.82, 2.24) is 9.97 Å². The number of aromatic amines is 1. The molecule has 1 amide bonds. The first-order chi connectivity index (χ1) is 12.7. The van der Waals surface area contributed by atoms with Crippen molar-refractivity contribution in [3.8, 4) is 17.6 Å². The topological polar surface area (TPSA) is 61.5 Å². The van der Waals surface area contributed by atoms with Crippen molar-refractivity contribution in [2.24, 2.45) is 5.92 Å². The van der Waals surface area contributed by atoms with Crippen LogP contribution in [0.15, 0.2) is 30.7 Å². The number of carbonyl (C=O) groups is 1. The van der Waals surface area contributed by atoms with Crippen LogP contribution >= 0.6 is 0 Å². The van der Waals surface area contributed by atoms with E-state index in [1.165, 1.54) is 0 Å². The van der Waals surface area contributed by atoms with Crippen LogP contribution in [0.25, 0.3) is 0 Å². The maximum absolute atomic E-state index is 12.5. The lowest BCUT2D eigenvalue weighted by molar-refractivity contribution is -0.113. The van der Waals surface area contributed by atoms with Crippen molar-refractivity contribution >= 4 is 17.3 Å². The van der Waals surface area contributed by atoms with Crippen LogP contribution in [0.2, 0.25) is 0 Å². The van der Waals surface area contributed by atoms with Gasteiger partial charge in [-0.25, -0.2) is 4.98 Å². The van der Waals surface area contributed by atoms with Crippen LogP contribution in [0, 0.1) is 17.8 Å². The summed E-state index contributed by atoms with van der Waals surface area (Å²) >= 11 is 0. The summed E-state index contributed by atoms with van der Waals surface area (Å²) in [6.07, 6.45) is 5.81. The predicted octanol–water partition coefficient (Wildman–Crippen LogP) is 2.58. The third-order valence-corrected chi connectivity index (χ3v) is 4.64. The number of H-pyrrole nitrogens is 1. The molecule has 1 aliphatic heterocycles. The SMILES string of the molecule is CCN(C(=O)C#CC1CC1)c1ccc2c(c1)N(Cc1c[nH]cn1)CCO2. The van der Waals surface area contributed by atoms with Gasteiger partial charge in [-0.15, -0.1) is 0 Å². The summed E-state index contributed by atoms with van der Waals surface area (Å²) in [7, 11) is 0. The van der Waals surface area contributed by atoms with Gasteiger partial charge in [0.25, 0.3) is 0 Å². The highest BCUT2D eigenvalue weighted by Crippen LogP contribution is 2.36. The maximum atomic E-state index is 12.5. The Bertz CT molecular complexity index is 846. The van der Waals surface area contributed by atoms with Crippen LogP contribution in [0.5, 0.6) is 5.75 Å². The average Bonchev–Trinajstić information content (AvgIpc) is 3.36. The van der Waals surface area contributed by atoms with Gasteiger partial charge in [0.1, 0.15) is 12.4 Å². The van der Waals surface area contributed by atoms with Gasteiger partial charge < -0.3 is 19.5 Å². The lowest BCUT2D eigenvalue weighted by atomic mass is 10.2. The Morgan fingerprint density at radius 3 is 3.08 bits per heavy atom. The molecule has 1 saturated carbocycles. The minimum absolute atomic E-state index is 0.144. The third-order valence-electron chi connectivity index (χ3n) is 4.64. The summed E-state index contributed by atoms with van der Waals surface area (Å²) in [5.74, 6) is 6.96. The molecule has 1 fully saturated rings. The number of hydrogen-bond donors (Lipinski definition) is 1. The minimum Gasteiger partial charge on any atom is -0.490 e. The molecule has 0 unspecified atom stereocenters. The Morgan fingerprint density at radius 1 is 1.46 bits per heavy atom. The van der Waals surface area contributed by atoms with Crippen molar-refractivity contribution in [2.45, 2.75) is 26.3 Å². The molecule has 6 heteroatoms. The molecule has 1 aliphatic carbocycles. The lowest BCUT2D eigenvalue weighted by Crippen LogP contribution is -2.33. The fraction of sp³-hybridized carbons (Fsp3) is 0.400. The van der Waals surface area contributed by atoms with Gasteiger partial charge in [-0.1, -0.05) is 5.92 Å². The molecule has 134 valence electrons. The van der Waals surface area contributed by atoms with E-state index in [2.05, 4.69) is 26.7 Å². The van der Waals surface area contributed by atoms with Gasteiger partial charge in [0.05, 0.1) is 30.8 Å². The summed E-state index contributed by atoms with van der Waals surface area (Å²) in [6, 6.07) is 5.88. The first-order valence-electron chi connectivity index (χ1n) is 9.07. The predicted molar refractivity (Wildman–Crippen MR) is 100 cm³/mol. The molecule has 0 spiro atoms. The standard InChI is InChI=1S/C20H22N4O2/c1-2-24(20(25)8-5-15-3-4-15)17-6-7-19-18(11-17)23(9-10-26-19)13-16-12-21-14-22-16/h6-7,11-12,14-15H,2-4,9-10,13H2,1H3,(H,21,22). The van der Waals surface area contributed by atoms with E-state index in [-0.39, 0.29) is 5.91 Å². The summed E-state index contributed by atoms with van der Waals surface area (Å²) in [6.45, 7) is 4.67. The number of amides is 1.